The van der Waals surface area contributed by atoms with Crippen LogP contribution < -0.4 is 20.8 Å². The van der Waals surface area contributed by atoms with Gasteiger partial charge in [0.1, 0.15) is 25.2 Å². The third-order valence-electron chi connectivity index (χ3n) is 7.51. The summed E-state index contributed by atoms with van der Waals surface area (Å²) in [7, 11) is 0. The summed E-state index contributed by atoms with van der Waals surface area (Å²) in [6.45, 7) is 2.57. The van der Waals surface area contributed by atoms with Crippen molar-refractivity contribution in [2.75, 3.05) is 37.1 Å². The molecular weight excluding hydrogens is 489 g/mol. The molecule has 0 atom stereocenters. The Balaban J connectivity index is 1.56. The Morgan fingerprint density at radius 2 is 2.11 bits per heavy atom. The quantitative estimate of drug-likeness (QED) is 0.270. The average Bonchev–Trinajstić information content (AvgIpc) is 3.41. The van der Waals surface area contributed by atoms with E-state index in [1.54, 1.807) is 12.3 Å². The second kappa shape index (κ2) is 11.0. The summed E-state index contributed by atoms with van der Waals surface area (Å²) in [6, 6.07) is 5.61. The van der Waals surface area contributed by atoms with E-state index >= 15 is 4.39 Å². The molecule has 0 radical (unpaired) electrons. The van der Waals surface area contributed by atoms with Crippen molar-refractivity contribution in [1.82, 2.24) is 9.55 Å². The van der Waals surface area contributed by atoms with Crippen molar-refractivity contribution >= 4 is 22.3 Å². The van der Waals surface area contributed by atoms with Crippen molar-refractivity contribution < 1.29 is 19.0 Å². The molecular formula is C28H32FN5O4. The van der Waals surface area contributed by atoms with Crippen LogP contribution in [0.2, 0.25) is 0 Å². The number of ether oxygens (including phenoxy) is 2. The van der Waals surface area contributed by atoms with E-state index in [0.29, 0.717) is 54.9 Å². The predicted octanol–water partition coefficient (Wildman–Crippen LogP) is 4.01. The second-order valence-corrected chi connectivity index (χ2v) is 9.88. The molecule has 1 spiro atoms. The monoisotopic (exact) mass is 521 g/mol. The van der Waals surface area contributed by atoms with E-state index in [4.69, 9.17) is 14.7 Å². The van der Waals surface area contributed by atoms with Gasteiger partial charge in [-0.2, -0.15) is 5.26 Å². The minimum absolute atomic E-state index is 0.0614. The highest BCUT2D eigenvalue weighted by atomic mass is 19.1. The van der Waals surface area contributed by atoms with Gasteiger partial charge in [0.05, 0.1) is 34.3 Å². The number of aliphatic hydroxyl groups excluding tert-OH is 1. The summed E-state index contributed by atoms with van der Waals surface area (Å²) in [5.74, 6) is -0.211. The minimum Gasteiger partial charge on any atom is -0.487 e. The molecule has 10 heteroatoms. The van der Waals surface area contributed by atoms with Crippen LogP contribution in [-0.4, -0.2) is 41.1 Å². The summed E-state index contributed by atoms with van der Waals surface area (Å²) in [6.07, 6.45) is 8.59. The third kappa shape index (κ3) is 4.57. The molecule has 38 heavy (non-hydrogen) atoms. The molecule has 2 aromatic heterocycles. The van der Waals surface area contributed by atoms with Crippen LogP contribution in [0.25, 0.3) is 10.9 Å². The third-order valence-corrected chi connectivity index (χ3v) is 7.51. The summed E-state index contributed by atoms with van der Waals surface area (Å²) in [5.41, 5.74) is 2.06. The molecule has 3 heterocycles. The lowest BCUT2D eigenvalue weighted by Gasteiger charge is -2.39. The van der Waals surface area contributed by atoms with Crippen LogP contribution in [0, 0.1) is 17.1 Å². The Hall–Kier alpha value is -3.68. The summed E-state index contributed by atoms with van der Waals surface area (Å²) < 4.78 is 29.7. The minimum atomic E-state index is -0.558. The topological polar surface area (TPSA) is 121 Å². The lowest BCUT2D eigenvalue weighted by Crippen LogP contribution is -2.42. The van der Waals surface area contributed by atoms with Gasteiger partial charge in [0.25, 0.3) is 0 Å². The Morgan fingerprint density at radius 3 is 2.79 bits per heavy atom. The smallest absolute Gasteiger partial charge is 0.197 e. The van der Waals surface area contributed by atoms with Crippen molar-refractivity contribution in [2.24, 2.45) is 0 Å². The standard InChI is InChI=1S/C28H32FN5O4/c1-2-31-23-21-25-27(24(22(23)29)32-11-5-6-20-8-7-18(12-30)13-33-20)38-16-28(9-3-4-10-28)34(25)14-19(26(21)36)15-37-17-35/h7-8,13-14,31-32,35H,2-6,9-11,15-17H2,1H3. The fourth-order valence-electron chi connectivity index (χ4n) is 5.66. The van der Waals surface area contributed by atoms with Crippen LogP contribution in [0.3, 0.4) is 0 Å². The molecule has 1 fully saturated rings. The molecule has 9 nitrogen and oxygen atoms in total. The van der Waals surface area contributed by atoms with Crippen LogP contribution >= 0.6 is 0 Å². The number of nitrogens with one attached hydrogen (secondary N) is 2. The molecule has 0 amide bonds. The lowest BCUT2D eigenvalue weighted by molar-refractivity contribution is -0.0118. The van der Waals surface area contributed by atoms with E-state index < -0.39 is 12.6 Å². The van der Waals surface area contributed by atoms with Crippen molar-refractivity contribution in [2.45, 2.75) is 57.6 Å². The van der Waals surface area contributed by atoms with Gasteiger partial charge in [-0.1, -0.05) is 12.8 Å². The van der Waals surface area contributed by atoms with Gasteiger partial charge in [0.15, 0.2) is 17.0 Å². The number of rotatable bonds is 10. The zero-order valence-electron chi connectivity index (χ0n) is 21.5. The molecule has 3 aromatic rings. The fourth-order valence-corrected chi connectivity index (χ4v) is 5.66. The average molecular weight is 522 g/mol. The zero-order chi connectivity index (χ0) is 26.7. The molecule has 1 aliphatic carbocycles. The molecule has 5 rings (SSSR count). The number of pyridine rings is 2. The second-order valence-electron chi connectivity index (χ2n) is 9.88. The van der Waals surface area contributed by atoms with Crippen LogP contribution in [0.4, 0.5) is 15.8 Å². The van der Waals surface area contributed by atoms with Gasteiger partial charge < -0.3 is 29.8 Å². The Bertz CT molecular complexity index is 1420. The maximum atomic E-state index is 16.1. The Labute approximate surface area is 220 Å². The maximum Gasteiger partial charge on any atom is 0.197 e. The Kier molecular flexibility index (Phi) is 7.49. The van der Waals surface area contributed by atoms with Gasteiger partial charge in [0.2, 0.25) is 0 Å². The number of nitriles is 1. The molecule has 1 aliphatic heterocycles. The molecule has 1 saturated carbocycles. The van der Waals surface area contributed by atoms with Crippen LogP contribution in [-0.2, 0) is 23.3 Å². The number of aryl methyl sites for hydroxylation is 1. The van der Waals surface area contributed by atoms with E-state index in [1.165, 1.54) is 0 Å². The molecule has 0 bridgehead atoms. The highest BCUT2D eigenvalue weighted by molar-refractivity contribution is 6.01. The number of halogens is 1. The van der Waals surface area contributed by atoms with Crippen molar-refractivity contribution in [1.29, 1.82) is 5.26 Å². The van der Waals surface area contributed by atoms with Crippen LogP contribution in [0.15, 0.2) is 29.3 Å². The van der Waals surface area contributed by atoms with Gasteiger partial charge in [-0.15, -0.1) is 0 Å². The van der Waals surface area contributed by atoms with Gasteiger partial charge in [0, 0.05) is 36.7 Å². The zero-order valence-corrected chi connectivity index (χ0v) is 21.5. The van der Waals surface area contributed by atoms with Gasteiger partial charge >= 0.3 is 0 Å². The highest BCUT2D eigenvalue weighted by Gasteiger charge is 2.42. The van der Waals surface area contributed by atoms with Crippen molar-refractivity contribution in [3.63, 3.8) is 0 Å². The van der Waals surface area contributed by atoms with E-state index in [9.17, 15) is 9.90 Å². The SMILES string of the molecule is CCNc1c(F)c(NCCCc2ccc(C#N)cn2)c2c3c1c(=O)c(COCO)cn3C1(CCCC1)CO2. The molecule has 0 unspecified atom stereocenters. The number of hydrogen-bond donors (Lipinski definition) is 3. The van der Waals surface area contributed by atoms with Crippen molar-refractivity contribution in [3.05, 3.63) is 57.4 Å². The number of anilines is 2. The van der Waals surface area contributed by atoms with Crippen LogP contribution in [0.1, 0.15) is 55.8 Å². The number of aromatic nitrogens is 2. The number of nitrogens with zero attached hydrogens (tertiary/aromatic N) is 3. The summed E-state index contributed by atoms with van der Waals surface area (Å²) >= 11 is 0. The first-order valence-electron chi connectivity index (χ1n) is 13.1. The highest BCUT2D eigenvalue weighted by Crippen LogP contribution is 2.49. The normalized spacial score (nSPS) is 15.4. The lowest BCUT2D eigenvalue weighted by atomic mass is 9.93. The molecule has 1 aromatic carbocycles. The molecule has 2 aliphatic rings. The fraction of sp³-hybridized carbons (Fsp3) is 0.464. The van der Waals surface area contributed by atoms with E-state index in [0.717, 1.165) is 31.4 Å². The summed E-state index contributed by atoms with van der Waals surface area (Å²) in [4.78, 5) is 17.9. The first-order chi connectivity index (χ1) is 18.5. The summed E-state index contributed by atoms with van der Waals surface area (Å²) in [5, 5.41) is 24.7. The maximum absolute atomic E-state index is 16.1. The number of fused-ring (bicyclic) bond motifs is 1. The number of aliphatic hydroxyl groups is 1. The van der Waals surface area contributed by atoms with Gasteiger partial charge in [-0.05, 0) is 44.7 Å². The first-order valence-corrected chi connectivity index (χ1v) is 13.1. The first kappa shape index (κ1) is 25.9. The largest absolute Gasteiger partial charge is 0.487 e. The van der Waals surface area contributed by atoms with E-state index in [1.807, 2.05) is 19.2 Å². The van der Waals surface area contributed by atoms with Gasteiger partial charge in [-0.25, -0.2) is 4.39 Å². The van der Waals surface area contributed by atoms with Gasteiger partial charge in [-0.3, -0.25) is 9.78 Å². The number of benzene rings is 1. The van der Waals surface area contributed by atoms with Crippen molar-refractivity contribution in [3.8, 4) is 11.8 Å². The molecule has 0 saturated heterocycles. The predicted molar refractivity (Wildman–Crippen MR) is 142 cm³/mol. The van der Waals surface area contributed by atoms with E-state index in [2.05, 4.69) is 26.3 Å². The number of hydrogen-bond acceptors (Lipinski definition) is 8. The molecule has 200 valence electrons. The van der Waals surface area contributed by atoms with Crippen LogP contribution in [0.5, 0.6) is 5.75 Å². The Morgan fingerprint density at radius 1 is 1.29 bits per heavy atom. The molecule has 3 N–H and O–H groups in total. The van der Waals surface area contributed by atoms with E-state index in [-0.39, 0.29) is 34.3 Å².